The van der Waals surface area contributed by atoms with Crippen molar-refractivity contribution in [2.45, 2.75) is 25.7 Å². The van der Waals surface area contributed by atoms with E-state index in [0.29, 0.717) is 6.61 Å². The fourth-order valence-electron chi connectivity index (χ4n) is 2.14. The Morgan fingerprint density at radius 2 is 2.06 bits per heavy atom. The number of rotatable bonds is 3. The molecule has 0 aliphatic heterocycles. The Bertz CT molecular complexity index is 372. The molecule has 1 saturated carbocycles. The number of ether oxygens (including phenoxy) is 1. The van der Waals surface area contributed by atoms with Gasteiger partial charge in [-0.3, -0.25) is 4.79 Å². The van der Waals surface area contributed by atoms with Gasteiger partial charge in [0, 0.05) is 0 Å². The zero-order valence-electron chi connectivity index (χ0n) is 9.28. The number of esters is 1. The van der Waals surface area contributed by atoms with Gasteiger partial charge in [-0.15, -0.1) is 0 Å². The Balaban J connectivity index is 2.05. The van der Waals surface area contributed by atoms with Gasteiger partial charge in [-0.25, -0.2) is 4.39 Å². The van der Waals surface area contributed by atoms with Gasteiger partial charge >= 0.3 is 5.97 Å². The first-order valence-electron chi connectivity index (χ1n) is 5.64. The Labute approximate surface area is 94.4 Å². The second kappa shape index (κ2) is 4.64. The first kappa shape index (κ1) is 11.1. The molecule has 1 fully saturated rings. The summed E-state index contributed by atoms with van der Waals surface area (Å²) in [6.45, 7) is 2.23. The standard InChI is InChI=1S/C13H15FO2/c1-2-16-13(15)12-8-7-11(12)9-3-5-10(14)6-4-9/h3-6,11-12H,2,7-8H2,1H3. The Morgan fingerprint density at radius 3 is 2.56 bits per heavy atom. The van der Waals surface area contributed by atoms with Crippen molar-refractivity contribution < 1.29 is 13.9 Å². The molecule has 16 heavy (non-hydrogen) atoms. The highest BCUT2D eigenvalue weighted by Gasteiger charge is 2.38. The molecular weight excluding hydrogens is 207 g/mol. The summed E-state index contributed by atoms with van der Waals surface area (Å²) in [6.07, 6.45) is 1.86. The molecule has 2 rings (SSSR count). The highest BCUT2D eigenvalue weighted by Crippen LogP contribution is 2.43. The predicted molar refractivity (Wildman–Crippen MR) is 58.5 cm³/mol. The lowest BCUT2D eigenvalue weighted by Crippen LogP contribution is -2.32. The third kappa shape index (κ3) is 2.08. The van der Waals surface area contributed by atoms with E-state index in [1.54, 1.807) is 12.1 Å². The average Bonchev–Trinajstić information content (AvgIpc) is 2.20. The van der Waals surface area contributed by atoms with Crippen molar-refractivity contribution in [3.63, 3.8) is 0 Å². The topological polar surface area (TPSA) is 26.3 Å². The SMILES string of the molecule is CCOC(=O)C1CCC1c1ccc(F)cc1. The number of carbonyl (C=O) groups is 1. The van der Waals surface area contributed by atoms with Crippen LogP contribution in [0.2, 0.25) is 0 Å². The van der Waals surface area contributed by atoms with Crippen LogP contribution in [0.25, 0.3) is 0 Å². The van der Waals surface area contributed by atoms with Crippen molar-refractivity contribution in [2.75, 3.05) is 6.61 Å². The Hall–Kier alpha value is -1.38. The van der Waals surface area contributed by atoms with E-state index in [0.717, 1.165) is 18.4 Å². The largest absolute Gasteiger partial charge is 0.466 e. The second-order valence-corrected chi connectivity index (χ2v) is 4.09. The van der Waals surface area contributed by atoms with Gasteiger partial charge in [0.25, 0.3) is 0 Å². The van der Waals surface area contributed by atoms with Gasteiger partial charge in [0.15, 0.2) is 0 Å². The van der Waals surface area contributed by atoms with Crippen molar-refractivity contribution in [1.29, 1.82) is 0 Å². The van der Waals surface area contributed by atoms with Gasteiger partial charge in [-0.1, -0.05) is 12.1 Å². The third-order valence-corrected chi connectivity index (χ3v) is 3.16. The highest BCUT2D eigenvalue weighted by atomic mass is 19.1. The minimum Gasteiger partial charge on any atom is -0.466 e. The van der Waals surface area contributed by atoms with Gasteiger partial charge in [-0.2, -0.15) is 0 Å². The molecule has 0 bridgehead atoms. The molecule has 1 aliphatic rings. The minimum atomic E-state index is -0.240. The lowest BCUT2D eigenvalue weighted by Gasteiger charge is -2.34. The molecule has 2 atom stereocenters. The number of benzene rings is 1. The van der Waals surface area contributed by atoms with E-state index in [-0.39, 0.29) is 23.6 Å². The zero-order chi connectivity index (χ0) is 11.5. The van der Waals surface area contributed by atoms with Crippen LogP contribution in [0.4, 0.5) is 4.39 Å². The molecule has 0 heterocycles. The van der Waals surface area contributed by atoms with Crippen LogP contribution in [0.1, 0.15) is 31.2 Å². The normalized spacial score (nSPS) is 23.6. The monoisotopic (exact) mass is 222 g/mol. The molecule has 2 unspecified atom stereocenters. The summed E-state index contributed by atoms with van der Waals surface area (Å²) in [5.41, 5.74) is 1.03. The van der Waals surface area contributed by atoms with Crippen molar-refractivity contribution in [2.24, 2.45) is 5.92 Å². The van der Waals surface area contributed by atoms with Gasteiger partial charge in [0.2, 0.25) is 0 Å². The number of hydrogen-bond donors (Lipinski definition) is 0. The second-order valence-electron chi connectivity index (χ2n) is 4.09. The van der Waals surface area contributed by atoms with Crippen molar-refractivity contribution in [3.05, 3.63) is 35.6 Å². The molecule has 1 aromatic rings. The Morgan fingerprint density at radius 1 is 1.38 bits per heavy atom. The molecule has 0 aromatic heterocycles. The van der Waals surface area contributed by atoms with E-state index in [4.69, 9.17) is 4.74 Å². The summed E-state index contributed by atoms with van der Waals surface area (Å²) in [4.78, 5) is 11.6. The molecule has 1 aromatic carbocycles. The van der Waals surface area contributed by atoms with Crippen LogP contribution >= 0.6 is 0 Å². The van der Waals surface area contributed by atoms with Crippen LogP contribution in [0.3, 0.4) is 0 Å². The predicted octanol–water partition coefficient (Wildman–Crippen LogP) is 2.88. The lowest BCUT2D eigenvalue weighted by molar-refractivity contribution is -0.152. The summed E-state index contributed by atoms with van der Waals surface area (Å²) >= 11 is 0. The zero-order valence-corrected chi connectivity index (χ0v) is 9.28. The highest BCUT2D eigenvalue weighted by molar-refractivity contribution is 5.75. The van der Waals surface area contributed by atoms with E-state index in [1.165, 1.54) is 12.1 Å². The molecule has 0 N–H and O–H groups in total. The summed E-state index contributed by atoms with van der Waals surface area (Å²) in [7, 11) is 0. The molecule has 0 spiro atoms. The maximum atomic E-state index is 12.8. The minimum absolute atomic E-state index is 0.0367. The molecule has 1 aliphatic carbocycles. The first-order chi connectivity index (χ1) is 7.72. The lowest BCUT2D eigenvalue weighted by atomic mass is 9.70. The van der Waals surface area contributed by atoms with Crippen LogP contribution in [0, 0.1) is 11.7 Å². The molecular formula is C13H15FO2. The van der Waals surface area contributed by atoms with Crippen molar-refractivity contribution >= 4 is 5.97 Å². The van der Waals surface area contributed by atoms with E-state index < -0.39 is 0 Å². The molecule has 0 saturated heterocycles. The van der Waals surface area contributed by atoms with E-state index in [9.17, 15) is 9.18 Å². The fourth-order valence-corrected chi connectivity index (χ4v) is 2.14. The third-order valence-electron chi connectivity index (χ3n) is 3.16. The number of halogens is 1. The van der Waals surface area contributed by atoms with Crippen LogP contribution in [0.5, 0.6) is 0 Å². The van der Waals surface area contributed by atoms with Crippen LogP contribution in [0.15, 0.2) is 24.3 Å². The summed E-state index contributed by atoms with van der Waals surface area (Å²) in [6, 6.07) is 6.39. The van der Waals surface area contributed by atoms with Crippen molar-refractivity contribution in [1.82, 2.24) is 0 Å². The van der Waals surface area contributed by atoms with E-state index in [2.05, 4.69) is 0 Å². The molecule has 0 amide bonds. The summed E-state index contributed by atoms with van der Waals surface area (Å²) in [5.74, 6) is -0.191. The average molecular weight is 222 g/mol. The van der Waals surface area contributed by atoms with Crippen LogP contribution < -0.4 is 0 Å². The van der Waals surface area contributed by atoms with Crippen molar-refractivity contribution in [3.8, 4) is 0 Å². The van der Waals surface area contributed by atoms with Crippen LogP contribution in [-0.4, -0.2) is 12.6 Å². The van der Waals surface area contributed by atoms with Crippen LogP contribution in [-0.2, 0) is 9.53 Å². The van der Waals surface area contributed by atoms with Gasteiger partial charge in [-0.05, 0) is 43.4 Å². The summed E-state index contributed by atoms with van der Waals surface area (Å²) in [5, 5.41) is 0. The number of hydrogen-bond acceptors (Lipinski definition) is 2. The van der Waals surface area contributed by atoms with Gasteiger partial charge in [0.1, 0.15) is 5.82 Å². The smallest absolute Gasteiger partial charge is 0.309 e. The number of carbonyl (C=O) groups excluding carboxylic acids is 1. The van der Waals surface area contributed by atoms with E-state index in [1.807, 2.05) is 6.92 Å². The molecule has 86 valence electrons. The maximum Gasteiger partial charge on any atom is 0.309 e. The summed E-state index contributed by atoms with van der Waals surface area (Å²) < 4.78 is 17.8. The molecule has 3 heteroatoms. The fraction of sp³-hybridized carbons (Fsp3) is 0.462. The molecule has 0 radical (unpaired) electrons. The quantitative estimate of drug-likeness (QED) is 0.735. The first-order valence-corrected chi connectivity index (χ1v) is 5.64. The van der Waals surface area contributed by atoms with E-state index >= 15 is 0 Å². The molecule has 2 nitrogen and oxygen atoms in total. The van der Waals surface area contributed by atoms with Gasteiger partial charge < -0.3 is 4.74 Å². The Kier molecular flexibility index (Phi) is 3.22. The van der Waals surface area contributed by atoms with Gasteiger partial charge in [0.05, 0.1) is 12.5 Å². The maximum absolute atomic E-state index is 12.8.